The van der Waals surface area contributed by atoms with Crippen molar-refractivity contribution in [2.75, 3.05) is 92.9 Å². The largest absolute Gasteiger partial charge is 0.445 e. The van der Waals surface area contributed by atoms with Crippen LogP contribution in [0.15, 0.2) is 29.4 Å². The number of ether oxygens (including phenoxy) is 8. The number of esters is 1. The predicted molar refractivity (Wildman–Crippen MR) is 135 cm³/mol. The summed E-state index contributed by atoms with van der Waals surface area (Å²) in [7, 11) is 1.48. The maximum absolute atomic E-state index is 11.9. The zero-order valence-corrected chi connectivity index (χ0v) is 21.8. The van der Waals surface area contributed by atoms with Crippen molar-refractivity contribution in [3.8, 4) is 5.75 Å². The molecule has 0 spiro atoms. The van der Waals surface area contributed by atoms with E-state index in [1.54, 1.807) is 24.3 Å². The first-order valence-corrected chi connectivity index (χ1v) is 12.3. The number of carbonyl (C=O) groups excluding carboxylic acids is 2. The van der Waals surface area contributed by atoms with Crippen LogP contribution in [0.4, 0.5) is 4.79 Å². The maximum Gasteiger partial charge on any atom is 0.407 e. The predicted octanol–water partition coefficient (Wildman–Crippen LogP) is 2.25. The second-order valence-corrected chi connectivity index (χ2v) is 7.32. The molecule has 0 radical (unpaired) electrons. The Morgan fingerprint density at radius 1 is 0.763 bits per heavy atom. The van der Waals surface area contributed by atoms with Crippen molar-refractivity contribution in [2.45, 2.75) is 13.0 Å². The summed E-state index contributed by atoms with van der Waals surface area (Å²) in [5, 5.41) is 5.72. The van der Waals surface area contributed by atoms with Crippen molar-refractivity contribution < 1.29 is 47.5 Å². The van der Waals surface area contributed by atoms with E-state index < -0.39 is 12.1 Å². The van der Waals surface area contributed by atoms with Gasteiger partial charge < -0.3 is 43.2 Å². The smallest absolute Gasteiger partial charge is 0.407 e. The van der Waals surface area contributed by atoms with Gasteiger partial charge in [-0.1, -0.05) is 17.2 Å². The van der Waals surface area contributed by atoms with E-state index >= 15 is 0 Å². The molecule has 0 saturated heterocycles. The topological polar surface area (TPSA) is 169 Å². The number of amides is 1. The summed E-state index contributed by atoms with van der Waals surface area (Å²) in [6.45, 7) is 5.40. The lowest BCUT2D eigenvalue weighted by atomic mass is 10.2. The molecule has 0 aliphatic rings. The Kier molecular flexibility index (Phi) is 21.2. The molecule has 14 nitrogen and oxygen atoms in total. The number of nitrogens with zero attached hydrogens (tertiary/aromatic N) is 3. The van der Waals surface area contributed by atoms with Gasteiger partial charge in [0.1, 0.15) is 12.4 Å². The fourth-order valence-electron chi connectivity index (χ4n) is 2.56. The highest BCUT2D eigenvalue weighted by Gasteiger charge is 2.06. The second kappa shape index (κ2) is 24.4. The Hall–Kier alpha value is -2.97. The molecule has 1 N–H and O–H groups in total. The number of azide groups is 1. The zero-order chi connectivity index (χ0) is 27.5. The molecule has 0 aliphatic heterocycles. The standard InChI is InChI=1S/C24H38N4O10/c1-26-24(30)37-20-21-2-4-22(5-3-21)38-23(29)6-8-31-10-12-33-14-16-35-18-19-36-17-15-34-13-11-32-9-7-27-28-25/h2-5H,6-20H2,1H3,(H,26,30). The lowest BCUT2D eigenvalue weighted by Crippen LogP contribution is -2.18. The van der Waals surface area contributed by atoms with Gasteiger partial charge in [0.2, 0.25) is 0 Å². The van der Waals surface area contributed by atoms with Gasteiger partial charge in [-0.05, 0) is 23.2 Å². The third-order valence-corrected chi connectivity index (χ3v) is 4.44. The summed E-state index contributed by atoms with van der Waals surface area (Å²) in [5.41, 5.74) is 8.89. The summed E-state index contributed by atoms with van der Waals surface area (Å²) < 4.78 is 42.3. The molecule has 14 heteroatoms. The van der Waals surface area contributed by atoms with Gasteiger partial charge in [-0.3, -0.25) is 4.79 Å². The average molecular weight is 543 g/mol. The minimum Gasteiger partial charge on any atom is -0.445 e. The molecule has 1 rings (SSSR count). The first-order chi connectivity index (χ1) is 18.7. The third kappa shape index (κ3) is 20.1. The number of alkyl carbamates (subject to hydrolysis) is 1. The molecule has 0 heterocycles. The summed E-state index contributed by atoms with van der Waals surface area (Å²) in [6.07, 6.45) is -0.401. The first-order valence-electron chi connectivity index (χ1n) is 12.3. The Bertz CT molecular complexity index is 791. The second-order valence-electron chi connectivity index (χ2n) is 7.32. The van der Waals surface area contributed by atoms with E-state index in [1.165, 1.54) is 7.05 Å². The third-order valence-electron chi connectivity index (χ3n) is 4.44. The van der Waals surface area contributed by atoms with Gasteiger partial charge in [0.15, 0.2) is 0 Å². The van der Waals surface area contributed by atoms with Crippen molar-refractivity contribution in [1.82, 2.24) is 5.32 Å². The van der Waals surface area contributed by atoms with Crippen LogP contribution < -0.4 is 10.1 Å². The van der Waals surface area contributed by atoms with Crippen LogP contribution in [0, 0.1) is 0 Å². The monoisotopic (exact) mass is 542 g/mol. The van der Waals surface area contributed by atoms with E-state index in [0.717, 1.165) is 5.56 Å². The minimum absolute atomic E-state index is 0.113. The van der Waals surface area contributed by atoms with Crippen LogP contribution in [0.2, 0.25) is 0 Å². The van der Waals surface area contributed by atoms with Crippen molar-refractivity contribution >= 4 is 12.1 Å². The lowest BCUT2D eigenvalue weighted by molar-refractivity contribution is -0.135. The Morgan fingerprint density at radius 2 is 1.24 bits per heavy atom. The number of nitrogens with one attached hydrogen (secondary N) is 1. The number of rotatable bonds is 24. The van der Waals surface area contributed by atoms with E-state index in [2.05, 4.69) is 15.3 Å². The highest BCUT2D eigenvalue weighted by Crippen LogP contribution is 2.13. The quantitative estimate of drug-likeness (QED) is 0.0510. The Morgan fingerprint density at radius 3 is 1.71 bits per heavy atom. The van der Waals surface area contributed by atoms with Gasteiger partial charge >= 0.3 is 12.1 Å². The van der Waals surface area contributed by atoms with E-state index in [0.29, 0.717) is 85.0 Å². The molecule has 0 atom stereocenters. The van der Waals surface area contributed by atoms with Gasteiger partial charge in [0.05, 0.1) is 85.7 Å². The van der Waals surface area contributed by atoms with Crippen LogP contribution in [0.1, 0.15) is 12.0 Å². The lowest BCUT2D eigenvalue weighted by Gasteiger charge is -2.08. The molecule has 38 heavy (non-hydrogen) atoms. The fourth-order valence-corrected chi connectivity index (χ4v) is 2.56. The molecule has 0 unspecified atom stereocenters. The SMILES string of the molecule is CNC(=O)OCc1ccc(OC(=O)CCOCCOCCOCCOCCOCCOCCN=[N+]=[N-])cc1. The van der Waals surface area contributed by atoms with Gasteiger partial charge in [0, 0.05) is 18.5 Å². The van der Waals surface area contributed by atoms with Crippen molar-refractivity contribution in [2.24, 2.45) is 5.11 Å². The maximum atomic E-state index is 11.9. The summed E-state index contributed by atoms with van der Waals surface area (Å²) in [4.78, 5) is 25.6. The molecule has 0 aromatic heterocycles. The molecule has 0 saturated carbocycles. The molecule has 214 valence electrons. The number of hydrogen-bond acceptors (Lipinski definition) is 11. The van der Waals surface area contributed by atoms with E-state index in [9.17, 15) is 9.59 Å². The van der Waals surface area contributed by atoms with E-state index in [1.807, 2.05) is 0 Å². The Balaban J connectivity index is 1.83. The molecule has 0 aliphatic carbocycles. The normalized spacial score (nSPS) is 10.6. The van der Waals surface area contributed by atoms with Crippen molar-refractivity contribution in [3.63, 3.8) is 0 Å². The molecular formula is C24H38N4O10. The molecule has 0 fully saturated rings. The van der Waals surface area contributed by atoms with Crippen molar-refractivity contribution in [3.05, 3.63) is 40.3 Å². The molecular weight excluding hydrogens is 504 g/mol. The van der Waals surface area contributed by atoms with Gasteiger partial charge in [-0.25, -0.2) is 4.79 Å². The molecule has 1 aromatic rings. The molecule has 1 amide bonds. The summed E-state index contributed by atoms with van der Waals surface area (Å²) in [6, 6.07) is 6.69. The summed E-state index contributed by atoms with van der Waals surface area (Å²) in [5.74, 6) is -0.00191. The Labute approximate surface area is 222 Å². The van der Waals surface area contributed by atoms with E-state index in [-0.39, 0.29) is 19.6 Å². The van der Waals surface area contributed by atoms with Gasteiger partial charge in [-0.2, -0.15) is 0 Å². The number of hydrogen-bond donors (Lipinski definition) is 1. The van der Waals surface area contributed by atoms with Crippen LogP contribution in [0.5, 0.6) is 5.75 Å². The molecule has 0 bridgehead atoms. The number of benzene rings is 1. The van der Waals surface area contributed by atoms with Crippen molar-refractivity contribution in [1.29, 1.82) is 0 Å². The zero-order valence-electron chi connectivity index (χ0n) is 21.8. The number of carbonyl (C=O) groups is 2. The highest BCUT2D eigenvalue weighted by molar-refractivity contribution is 5.72. The van der Waals surface area contributed by atoms with Crippen LogP contribution >= 0.6 is 0 Å². The van der Waals surface area contributed by atoms with E-state index in [4.69, 9.17) is 43.4 Å². The van der Waals surface area contributed by atoms with Crippen LogP contribution in [0.25, 0.3) is 10.4 Å². The van der Waals surface area contributed by atoms with Gasteiger partial charge in [0.25, 0.3) is 0 Å². The molecule has 1 aromatic carbocycles. The average Bonchev–Trinajstić information content (AvgIpc) is 2.93. The first kappa shape index (κ1) is 33.1. The highest BCUT2D eigenvalue weighted by atomic mass is 16.6. The minimum atomic E-state index is -0.514. The fraction of sp³-hybridized carbons (Fsp3) is 0.667. The van der Waals surface area contributed by atoms with Gasteiger partial charge in [-0.15, -0.1) is 0 Å². The van der Waals surface area contributed by atoms with Crippen LogP contribution in [-0.2, 0) is 44.6 Å². The summed E-state index contributed by atoms with van der Waals surface area (Å²) >= 11 is 0. The van der Waals surface area contributed by atoms with Crippen LogP contribution in [-0.4, -0.2) is 105 Å². The van der Waals surface area contributed by atoms with Crippen LogP contribution in [0.3, 0.4) is 0 Å².